The second-order valence-electron chi connectivity index (χ2n) is 6.68. The Kier molecular flexibility index (Phi) is 4.36. The Hall–Kier alpha value is -2.47. The van der Waals surface area contributed by atoms with Crippen molar-refractivity contribution in [3.8, 4) is 0 Å². The van der Waals surface area contributed by atoms with Crippen molar-refractivity contribution in [3.63, 3.8) is 0 Å². The molecule has 1 aliphatic carbocycles. The zero-order valence-electron chi connectivity index (χ0n) is 14.1. The molecule has 1 saturated heterocycles. The molecule has 0 aromatic carbocycles. The van der Waals surface area contributed by atoms with E-state index in [9.17, 15) is 4.79 Å². The second-order valence-corrected chi connectivity index (χ2v) is 6.68. The number of hydrogen-bond donors (Lipinski definition) is 1. The van der Waals surface area contributed by atoms with Gasteiger partial charge in [0.15, 0.2) is 0 Å². The van der Waals surface area contributed by atoms with Gasteiger partial charge in [-0.1, -0.05) is 6.07 Å². The fourth-order valence-electron chi connectivity index (χ4n) is 3.25. The molecule has 2 aliphatic rings. The molecule has 0 radical (unpaired) electrons. The highest BCUT2D eigenvalue weighted by Crippen LogP contribution is 2.46. The van der Waals surface area contributed by atoms with Gasteiger partial charge >= 0.3 is 0 Å². The van der Waals surface area contributed by atoms with Crippen LogP contribution in [0.1, 0.15) is 29.0 Å². The van der Waals surface area contributed by atoms with Crippen molar-refractivity contribution >= 4 is 11.6 Å². The summed E-state index contributed by atoms with van der Waals surface area (Å²) < 4.78 is 5.38. The Labute approximate surface area is 147 Å². The van der Waals surface area contributed by atoms with E-state index in [0.717, 1.165) is 50.5 Å². The van der Waals surface area contributed by atoms with Crippen LogP contribution in [-0.4, -0.2) is 48.7 Å². The number of nitrogens with zero attached hydrogens (tertiary/aromatic N) is 3. The van der Waals surface area contributed by atoms with Crippen LogP contribution >= 0.6 is 0 Å². The predicted molar refractivity (Wildman–Crippen MR) is 94.8 cm³/mol. The van der Waals surface area contributed by atoms with Gasteiger partial charge in [-0.25, -0.2) is 0 Å². The molecular weight excluding hydrogens is 316 g/mol. The Morgan fingerprint density at radius 2 is 2.00 bits per heavy atom. The first-order valence-electron chi connectivity index (χ1n) is 8.75. The van der Waals surface area contributed by atoms with Crippen molar-refractivity contribution in [1.29, 1.82) is 0 Å². The minimum Gasteiger partial charge on any atom is -0.378 e. The van der Waals surface area contributed by atoms with Gasteiger partial charge in [0.05, 0.1) is 13.2 Å². The van der Waals surface area contributed by atoms with E-state index in [4.69, 9.17) is 4.74 Å². The quantitative estimate of drug-likeness (QED) is 0.900. The maximum absolute atomic E-state index is 12.5. The van der Waals surface area contributed by atoms with E-state index >= 15 is 0 Å². The van der Waals surface area contributed by atoms with E-state index in [1.807, 2.05) is 36.5 Å². The van der Waals surface area contributed by atoms with Crippen molar-refractivity contribution < 1.29 is 9.53 Å². The lowest BCUT2D eigenvalue weighted by Crippen LogP contribution is -2.36. The van der Waals surface area contributed by atoms with Crippen molar-refractivity contribution in [2.45, 2.75) is 18.3 Å². The fourth-order valence-corrected chi connectivity index (χ4v) is 3.25. The molecule has 25 heavy (non-hydrogen) atoms. The number of ether oxygens (including phenoxy) is 1. The van der Waals surface area contributed by atoms with Crippen molar-refractivity contribution in [1.82, 2.24) is 15.3 Å². The van der Waals surface area contributed by atoms with Gasteiger partial charge in [0.1, 0.15) is 5.69 Å². The number of nitrogens with one attached hydrogen (secondary N) is 1. The number of hydrogen-bond acceptors (Lipinski definition) is 5. The Bertz CT molecular complexity index is 740. The van der Waals surface area contributed by atoms with Crippen LogP contribution in [0.3, 0.4) is 0 Å². The molecule has 1 N–H and O–H groups in total. The van der Waals surface area contributed by atoms with Crippen LogP contribution in [-0.2, 0) is 10.2 Å². The maximum atomic E-state index is 12.5. The summed E-state index contributed by atoms with van der Waals surface area (Å²) in [6, 6.07) is 9.76. The van der Waals surface area contributed by atoms with Gasteiger partial charge in [-0.05, 0) is 37.1 Å². The molecule has 6 nitrogen and oxygen atoms in total. The normalized spacial score (nSPS) is 18.6. The lowest BCUT2D eigenvalue weighted by atomic mass is 10.0. The molecule has 130 valence electrons. The smallest absolute Gasteiger partial charge is 0.269 e. The molecule has 4 rings (SSSR count). The van der Waals surface area contributed by atoms with Crippen LogP contribution in [0.2, 0.25) is 0 Å². The largest absolute Gasteiger partial charge is 0.378 e. The van der Waals surface area contributed by atoms with Gasteiger partial charge in [-0.15, -0.1) is 0 Å². The third-order valence-electron chi connectivity index (χ3n) is 5.00. The first-order valence-corrected chi connectivity index (χ1v) is 8.75. The molecule has 2 fully saturated rings. The fraction of sp³-hybridized carbons (Fsp3) is 0.421. The SMILES string of the molecule is O=C(NCC1(c2ccccn2)CC1)c1cc(N2CCOCC2)ccn1. The summed E-state index contributed by atoms with van der Waals surface area (Å²) in [5, 5.41) is 3.05. The summed E-state index contributed by atoms with van der Waals surface area (Å²) >= 11 is 0. The topological polar surface area (TPSA) is 67.4 Å². The summed E-state index contributed by atoms with van der Waals surface area (Å²) in [5.41, 5.74) is 2.54. The van der Waals surface area contributed by atoms with Crippen LogP contribution in [0.15, 0.2) is 42.7 Å². The minimum absolute atomic E-state index is 0.00125. The van der Waals surface area contributed by atoms with E-state index in [2.05, 4.69) is 20.2 Å². The van der Waals surface area contributed by atoms with E-state index < -0.39 is 0 Å². The van der Waals surface area contributed by atoms with Gasteiger partial charge in [0.2, 0.25) is 0 Å². The first kappa shape index (κ1) is 16.0. The zero-order chi connectivity index (χ0) is 17.1. The molecule has 0 atom stereocenters. The number of amides is 1. The zero-order valence-corrected chi connectivity index (χ0v) is 14.1. The average molecular weight is 338 g/mol. The first-order chi connectivity index (χ1) is 12.3. The maximum Gasteiger partial charge on any atom is 0.269 e. The van der Waals surface area contributed by atoms with Crippen molar-refractivity contribution in [2.75, 3.05) is 37.7 Å². The van der Waals surface area contributed by atoms with Gasteiger partial charge in [0, 0.05) is 48.8 Å². The Morgan fingerprint density at radius 3 is 2.72 bits per heavy atom. The van der Waals surface area contributed by atoms with Crippen LogP contribution in [0.5, 0.6) is 0 Å². The lowest BCUT2D eigenvalue weighted by Gasteiger charge is -2.28. The van der Waals surface area contributed by atoms with E-state index in [-0.39, 0.29) is 11.3 Å². The second kappa shape index (κ2) is 6.80. The van der Waals surface area contributed by atoms with Gasteiger partial charge < -0.3 is 15.0 Å². The molecule has 1 amide bonds. The number of pyridine rings is 2. The molecular formula is C19H22N4O2. The highest BCUT2D eigenvalue weighted by Gasteiger charge is 2.45. The average Bonchev–Trinajstić information content (AvgIpc) is 3.49. The third kappa shape index (κ3) is 3.49. The molecule has 1 saturated carbocycles. The summed E-state index contributed by atoms with van der Waals surface area (Å²) in [6.45, 7) is 3.72. The van der Waals surface area contributed by atoms with Gasteiger partial charge in [0.25, 0.3) is 5.91 Å². The minimum atomic E-state index is -0.127. The van der Waals surface area contributed by atoms with Crippen LogP contribution < -0.4 is 10.2 Å². The monoisotopic (exact) mass is 338 g/mol. The summed E-state index contributed by atoms with van der Waals surface area (Å²) in [5.74, 6) is -0.127. The van der Waals surface area contributed by atoms with Crippen LogP contribution in [0.4, 0.5) is 5.69 Å². The summed E-state index contributed by atoms with van der Waals surface area (Å²) in [7, 11) is 0. The number of morpholine rings is 1. The third-order valence-corrected chi connectivity index (χ3v) is 5.00. The van der Waals surface area contributed by atoms with E-state index in [1.165, 1.54) is 0 Å². The van der Waals surface area contributed by atoms with Crippen LogP contribution in [0, 0.1) is 0 Å². The van der Waals surface area contributed by atoms with Gasteiger partial charge in [-0.3, -0.25) is 14.8 Å². The number of rotatable bonds is 5. The molecule has 0 spiro atoms. The summed E-state index contributed by atoms with van der Waals surface area (Å²) in [6.07, 6.45) is 5.63. The Morgan fingerprint density at radius 1 is 1.16 bits per heavy atom. The Balaban J connectivity index is 1.41. The summed E-state index contributed by atoms with van der Waals surface area (Å²) in [4.78, 5) is 23.5. The lowest BCUT2D eigenvalue weighted by molar-refractivity contribution is 0.0944. The molecule has 0 bridgehead atoms. The predicted octanol–water partition coefficient (Wildman–Crippen LogP) is 1.77. The number of carbonyl (C=O) groups excluding carboxylic acids is 1. The molecule has 6 heteroatoms. The number of anilines is 1. The molecule has 0 unspecified atom stereocenters. The standard InChI is InChI=1S/C19H22N4O2/c24-18(22-14-19(5-6-19)17-3-1-2-7-21-17)16-13-15(4-8-20-16)23-9-11-25-12-10-23/h1-4,7-8,13H,5-6,9-12,14H2,(H,22,24). The van der Waals surface area contributed by atoms with E-state index in [0.29, 0.717) is 12.2 Å². The van der Waals surface area contributed by atoms with E-state index in [1.54, 1.807) is 6.20 Å². The molecule has 2 aromatic rings. The molecule has 1 aliphatic heterocycles. The molecule has 2 aromatic heterocycles. The van der Waals surface area contributed by atoms with Crippen molar-refractivity contribution in [2.24, 2.45) is 0 Å². The highest BCUT2D eigenvalue weighted by atomic mass is 16.5. The molecule has 3 heterocycles. The number of aromatic nitrogens is 2. The number of carbonyl (C=O) groups is 1. The highest BCUT2D eigenvalue weighted by molar-refractivity contribution is 5.93. The van der Waals surface area contributed by atoms with Crippen molar-refractivity contribution in [3.05, 3.63) is 54.1 Å². The van der Waals surface area contributed by atoms with Gasteiger partial charge in [-0.2, -0.15) is 0 Å². The van der Waals surface area contributed by atoms with Crippen LogP contribution in [0.25, 0.3) is 0 Å².